The van der Waals surface area contributed by atoms with Gasteiger partial charge in [0.05, 0.1) is 17.3 Å². The number of benzene rings is 2. The van der Waals surface area contributed by atoms with Crippen LogP contribution in [0.25, 0.3) is 0 Å². The van der Waals surface area contributed by atoms with Crippen molar-refractivity contribution in [3.05, 3.63) is 57.8 Å². The number of nitrogens with zero attached hydrogens (tertiary/aromatic N) is 1. The number of rotatable bonds is 2. The minimum Gasteiger partial charge on any atom is -0.353 e. The summed E-state index contributed by atoms with van der Waals surface area (Å²) in [4.78, 5) is 0. The molecule has 0 saturated heterocycles. The van der Waals surface area contributed by atoms with Crippen molar-refractivity contribution in [2.24, 2.45) is 0 Å². The summed E-state index contributed by atoms with van der Waals surface area (Å²) >= 11 is 3.18. The van der Waals surface area contributed by atoms with E-state index in [1.807, 2.05) is 6.07 Å². The molecule has 0 spiro atoms. The summed E-state index contributed by atoms with van der Waals surface area (Å²) in [5.74, 6) is -3.35. The maximum atomic E-state index is 13.5. The molecular formula is C13H6BrF3N2. The monoisotopic (exact) mass is 326 g/mol. The van der Waals surface area contributed by atoms with Crippen LogP contribution in [-0.2, 0) is 0 Å². The fraction of sp³-hybridized carbons (Fsp3) is 0. The lowest BCUT2D eigenvalue weighted by Crippen LogP contribution is -1.98. The summed E-state index contributed by atoms with van der Waals surface area (Å²) in [7, 11) is 0. The Morgan fingerprint density at radius 2 is 1.79 bits per heavy atom. The first kappa shape index (κ1) is 13.4. The van der Waals surface area contributed by atoms with E-state index < -0.39 is 17.5 Å². The summed E-state index contributed by atoms with van der Waals surface area (Å²) < 4.78 is 40.1. The van der Waals surface area contributed by atoms with Gasteiger partial charge in [0.1, 0.15) is 5.82 Å². The van der Waals surface area contributed by atoms with Gasteiger partial charge in [-0.25, -0.2) is 13.2 Å². The van der Waals surface area contributed by atoms with Crippen molar-refractivity contribution >= 4 is 27.3 Å². The first-order valence-electron chi connectivity index (χ1n) is 5.12. The van der Waals surface area contributed by atoms with Gasteiger partial charge in [-0.15, -0.1) is 0 Å². The SMILES string of the molecule is N#Cc1cc(Br)cc(Nc2cc(F)cc(F)c2F)c1. The predicted octanol–water partition coefficient (Wildman–Crippen LogP) is 4.48. The molecule has 6 heteroatoms. The van der Waals surface area contributed by atoms with Crippen LogP contribution in [0.5, 0.6) is 0 Å². The van der Waals surface area contributed by atoms with Gasteiger partial charge in [0, 0.05) is 22.3 Å². The van der Waals surface area contributed by atoms with E-state index >= 15 is 0 Å². The zero-order valence-electron chi connectivity index (χ0n) is 9.35. The van der Waals surface area contributed by atoms with Crippen LogP contribution in [0.1, 0.15) is 5.56 Å². The Morgan fingerprint density at radius 1 is 1.05 bits per heavy atom. The minimum atomic E-state index is -1.28. The fourth-order valence-corrected chi connectivity index (χ4v) is 2.02. The fourth-order valence-electron chi connectivity index (χ4n) is 1.53. The Balaban J connectivity index is 2.42. The number of nitrogens with one attached hydrogen (secondary N) is 1. The summed E-state index contributed by atoms with van der Waals surface area (Å²) in [5.41, 5.74) is 0.337. The summed E-state index contributed by atoms with van der Waals surface area (Å²) in [6.45, 7) is 0. The maximum Gasteiger partial charge on any atom is 0.182 e. The molecule has 0 radical (unpaired) electrons. The first-order chi connectivity index (χ1) is 8.99. The van der Waals surface area contributed by atoms with Gasteiger partial charge in [-0.2, -0.15) is 5.26 Å². The molecular weight excluding hydrogens is 321 g/mol. The third-order valence-electron chi connectivity index (χ3n) is 2.30. The van der Waals surface area contributed by atoms with Crippen molar-refractivity contribution in [3.63, 3.8) is 0 Å². The van der Waals surface area contributed by atoms with E-state index in [1.54, 1.807) is 12.1 Å². The number of hydrogen-bond acceptors (Lipinski definition) is 2. The van der Waals surface area contributed by atoms with Crippen molar-refractivity contribution in [1.29, 1.82) is 5.26 Å². The van der Waals surface area contributed by atoms with E-state index in [4.69, 9.17) is 5.26 Å². The normalized spacial score (nSPS) is 10.1. The van der Waals surface area contributed by atoms with Crippen LogP contribution >= 0.6 is 15.9 Å². The number of anilines is 2. The molecule has 96 valence electrons. The first-order valence-corrected chi connectivity index (χ1v) is 5.91. The maximum absolute atomic E-state index is 13.5. The molecule has 2 aromatic rings. The highest BCUT2D eigenvalue weighted by molar-refractivity contribution is 9.10. The Bertz CT molecular complexity index is 680. The van der Waals surface area contributed by atoms with Crippen LogP contribution in [0.2, 0.25) is 0 Å². The zero-order valence-corrected chi connectivity index (χ0v) is 10.9. The average molecular weight is 327 g/mol. The molecule has 2 nitrogen and oxygen atoms in total. The second-order valence-electron chi connectivity index (χ2n) is 3.71. The molecule has 0 saturated carbocycles. The molecule has 0 bridgehead atoms. The Hall–Kier alpha value is -2.00. The van der Waals surface area contributed by atoms with Crippen molar-refractivity contribution < 1.29 is 13.2 Å². The van der Waals surface area contributed by atoms with E-state index in [0.29, 0.717) is 21.8 Å². The van der Waals surface area contributed by atoms with E-state index in [1.165, 1.54) is 6.07 Å². The highest BCUT2D eigenvalue weighted by Crippen LogP contribution is 2.26. The molecule has 0 aliphatic rings. The number of halogens is 4. The van der Waals surface area contributed by atoms with Gasteiger partial charge in [0.25, 0.3) is 0 Å². The Kier molecular flexibility index (Phi) is 3.76. The van der Waals surface area contributed by atoms with Crippen LogP contribution in [0.3, 0.4) is 0 Å². The second-order valence-corrected chi connectivity index (χ2v) is 4.63. The molecule has 0 atom stereocenters. The Labute approximate surface area is 115 Å². The lowest BCUT2D eigenvalue weighted by atomic mass is 10.2. The van der Waals surface area contributed by atoms with E-state index in [-0.39, 0.29) is 5.69 Å². The molecule has 1 N–H and O–H groups in total. The highest BCUT2D eigenvalue weighted by Gasteiger charge is 2.11. The van der Waals surface area contributed by atoms with Gasteiger partial charge in [-0.05, 0) is 18.2 Å². The van der Waals surface area contributed by atoms with E-state index in [9.17, 15) is 13.2 Å². The molecule has 0 aliphatic carbocycles. The molecule has 2 aromatic carbocycles. The average Bonchev–Trinajstić information content (AvgIpc) is 2.34. The third-order valence-corrected chi connectivity index (χ3v) is 2.76. The van der Waals surface area contributed by atoms with Crippen LogP contribution in [0.15, 0.2) is 34.8 Å². The van der Waals surface area contributed by atoms with Crippen LogP contribution in [0, 0.1) is 28.8 Å². The van der Waals surface area contributed by atoms with Crippen LogP contribution < -0.4 is 5.32 Å². The van der Waals surface area contributed by atoms with Crippen molar-refractivity contribution in [2.75, 3.05) is 5.32 Å². The predicted molar refractivity (Wildman–Crippen MR) is 68.5 cm³/mol. The molecule has 19 heavy (non-hydrogen) atoms. The van der Waals surface area contributed by atoms with Crippen molar-refractivity contribution in [3.8, 4) is 6.07 Å². The minimum absolute atomic E-state index is 0.328. The highest BCUT2D eigenvalue weighted by atomic mass is 79.9. The van der Waals surface area contributed by atoms with Crippen molar-refractivity contribution in [1.82, 2.24) is 0 Å². The number of hydrogen-bond donors (Lipinski definition) is 1. The molecule has 0 heterocycles. The standard InChI is InChI=1S/C13H6BrF3N2/c14-8-1-7(6-18)2-10(3-8)19-12-5-9(15)4-11(16)13(12)17/h1-5,19H. The van der Waals surface area contributed by atoms with Gasteiger partial charge < -0.3 is 5.32 Å². The molecule has 0 aliphatic heterocycles. The summed E-state index contributed by atoms with van der Waals surface area (Å²) in [6.07, 6.45) is 0. The van der Waals surface area contributed by atoms with Gasteiger partial charge in [0.2, 0.25) is 0 Å². The molecule has 0 aromatic heterocycles. The van der Waals surface area contributed by atoms with Crippen LogP contribution in [0.4, 0.5) is 24.5 Å². The van der Waals surface area contributed by atoms with Gasteiger partial charge >= 0.3 is 0 Å². The number of nitriles is 1. The molecule has 0 fully saturated rings. The van der Waals surface area contributed by atoms with Gasteiger partial charge in [0.15, 0.2) is 11.6 Å². The van der Waals surface area contributed by atoms with Gasteiger partial charge in [-0.3, -0.25) is 0 Å². The topological polar surface area (TPSA) is 35.8 Å². The summed E-state index contributed by atoms with van der Waals surface area (Å²) in [5, 5.41) is 11.3. The lowest BCUT2D eigenvalue weighted by molar-refractivity contribution is 0.498. The lowest BCUT2D eigenvalue weighted by Gasteiger charge is -2.09. The zero-order chi connectivity index (χ0) is 14.0. The van der Waals surface area contributed by atoms with Crippen molar-refractivity contribution in [2.45, 2.75) is 0 Å². The second kappa shape index (κ2) is 5.33. The molecule has 0 amide bonds. The largest absolute Gasteiger partial charge is 0.353 e. The molecule has 0 unspecified atom stereocenters. The Morgan fingerprint density at radius 3 is 2.47 bits per heavy atom. The van der Waals surface area contributed by atoms with E-state index in [2.05, 4.69) is 21.2 Å². The summed E-state index contributed by atoms with van der Waals surface area (Å²) in [6, 6.07) is 7.78. The third kappa shape index (κ3) is 3.06. The van der Waals surface area contributed by atoms with Crippen LogP contribution in [-0.4, -0.2) is 0 Å². The quantitative estimate of drug-likeness (QED) is 0.826. The molecule has 2 rings (SSSR count). The van der Waals surface area contributed by atoms with Gasteiger partial charge in [-0.1, -0.05) is 15.9 Å². The smallest absolute Gasteiger partial charge is 0.182 e. The van der Waals surface area contributed by atoms with E-state index in [0.717, 1.165) is 6.07 Å².